The molecule has 200 valence electrons. The quantitative estimate of drug-likeness (QED) is 0.408. The van der Waals surface area contributed by atoms with Crippen molar-refractivity contribution in [2.45, 2.75) is 62.6 Å². The first-order chi connectivity index (χ1) is 18.4. The lowest BCUT2D eigenvalue weighted by atomic mass is 9.95. The second-order valence-corrected chi connectivity index (χ2v) is 11.5. The minimum absolute atomic E-state index is 0.0920. The summed E-state index contributed by atoms with van der Waals surface area (Å²) in [6.07, 6.45) is 5.20. The van der Waals surface area contributed by atoms with Crippen LogP contribution < -0.4 is 9.62 Å². The van der Waals surface area contributed by atoms with Crippen LogP contribution in [-0.2, 0) is 26.2 Å². The summed E-state index contributed by atoms with van der Waals surface area (Å²) in [6, 6.07) is 25.4. The van der Waals surface area contributed by atoms with E-state index >= 15 is 0 Å². The second kappa shape index (κ2) is 12.7. The van der Waals surface area contributed by atoms with E-state index < -0.39 is 28.5 Å². The highest BCUT2D eigenvalue weighted by atomic mass is 32.2. The summed E-state index contributed by atoms with van der Waals surface area (Å²) >= 11 is 0. The smallest absolute Gasteiger partial charge is 0.264 e. The van der Waals surface area contributed by atoms with Crippen molar-refractivity contribution in [1.29, 1.82) is 0 Å². The predicted molar refractivity (Wildman–Crippen MR) is 149 cm³/mol. The fourth-order valence-corrected chi connectivity index (χ4v) is 6.21. The predicted octanol–water partition coefficient (Wildman–Crippen LogP) is 4.75. The molecule has 1 aliphatic rings. The van der Waals surface area contributed by atoms with Gasteiger partial charge >= 0.3 is 0 Å². The van der Waals surface area contributed by atoms with Crippen molar-refractivity contribution in [3.05, 3.63) is 96.6 Å². The molecule has 2 amide bonds. The summed E-state index contributed by atoms with van der Waals surface area (Å²) in [5.74, 6) is -0.679. The molecule has 1 fully saturated rings. The van der Waals surface area contributed by atoms with Gasteiger partial charge in [0, 0.05) is 12.6 Å². The molecule has 0 aromatic heterocycles. The molecule has 3 aromatic rings. The molecule has 4 rings (SSSR count). The van der Waals surface area contributed by atoms with Crippen LogP contribution in [0.4, 0.5) is 5.69 Å². The van der Waals surface area contributed by atoms with Gasteiger partial charge in [0.2, 0.25) is 11.8 Å². The maximum absolute atomic E-state index is 13.9. The monoisotopic (exact) mass is 533 g/mol. The Morgan fingerprint density at radius 2 is 1.39 bits per heavy atom. The first-order valence-corrected chi connectivity index (χ1v) is 14.6. The van der Waals surface area contributed by atoms with Gasteiger partial charge in [0.1, 0.15) is 12.6 Å². The summed E-state index contributed by atoms with van der Waals surface area (Å²) in [6.45, 7) is 1.46. The zero-order chi connectivity index (χ0) is 27.0. The van der Waals surface area contributed by atoms with Gasteiger partial charge in [-0.1, -0.05) is 86.0 Å². The lowest BCUT2D eigenvalue weighted by molar-refractivity contribution is -0.139. The maximum atomic E-state index is 13.9. The molecule has 0 radical (unpaired) electrons. The molecule has 0 spiro atoms. The highest BCUT2D eigenvalue weighted by Gasteiger charge is 2.33. The van der Waals surface area contributed by atoms with Crippen molar-refractivity contribution < 1.29 is 18.0 Å². The van der Waals surface area contributed by atoms with E-state index in [0.29, 0.717) is 5.69 Å². The SMILES string of the molecule is C[C@@H](C(=O)NC1CCCCC1)N(Cc1ccccc1)C(=O)CN(c1ccccc1)S(=O)(=O)c1ccccc1. The number of sulfonamides is 1. The molecule has 7 nitrogen and oxygen atoms in total. The number of rotatable bonds is 10. The van der Waals surface area contributed by atoms with Crippen LogP contribution in [-0.4, -0.2) is 43.8 Å². The van der Waals surface area contributed by atoms with Crippen molar-refractivity contribution in [3.63, 3.8) is 0 Å². The van der Waals surface area contributed by atoms with Crippen molar-refractivity contribution in [2.75, 3.05) is 10.8 Å². The second-order valence-electron chi connectivity index (χ2n) is 9.69. The standard InChI is InChI=1S/C30H35N3O4S/c1-24(30(35)31-26-16-8-3-9-17-26)32(22-25-14-6-2-7-15-25)29(34)23-33(27-18-10-4-11-19-27)38(36,37)28-20-12-5-13-21-28/h2,4-7,10-15,18-21,24,26H,3,8-9,16-17,22-23H2,1H3,(H,31,35)/t24-/m0/s1. The zero-order valence-corrected chi connectivity index (χ0v) is 22.5. The van der Waals surface area contributed by atoms with Crippen LogP contribution in [0, 0.1) is 0 Å². The van der Waals surface area contributed by atoms with Gasteiger partial charge in [0.05, 0.1) is 10.6 Å². The van der Waals surface area contributed by atoms with Gasteiger partial charge in [-0.25, -0.2) is 8.42 Å². The van der Waals surface area contributed by atoms with Crippen LogP contribution >= 0.6 is 0 Å². The Balaban J connectivity index is 1.63. The Morgan fingerprint density at radius 3 is 2.00 bits per heavy atom. The van der Waals surface area contributed by atoms with Gasteiger partial charge in [0.15, 0.2) is 0 Å². The fraction of sp³-hybridized carbons (Fsp3) is 0.333. The third-order valence-corrected chi connectivity index (χ3v) is 8.76. The molecule has 0 saturated heterocycles. The number of hydrogen-bond donors (Lipinski definition) is 1. The number of carbonyl (C=O) groups excluding carboxylic acids is 2. The van der Waals surface area contributed by atoms with Crippen LogP contribution in [0.1, 0.15) is 44.6 Å². The number of amides is 2. The van der Waals surface area contributed by atoms with E-state index in [4.69, 9.17) is 0 Å². The molecule has 1 N–H and O–H groups in total. The minimum Gasteiger partial charge on any atom is -0.352 e. The molecule has 0 unspecified atom stereocenters. The zero-order valence-electron chi connectivity index (χ0n) is 21.7. The number of anilines is 1. The van der Waals surface area contributed by atoms with E-state index in [-0.39, 0.29) is 23.4 Å². The minimum atomic E-state index is -4.04. The Hall–Kier alpha value is -3.65. The molecular weight excluding hydrogens is 498 g/mol. The molecule has 38 heavy (non-hydrogen) atoms. The normalized spacial score (nSPS) is 14.9. The highest BCUT2D eigenvalue weighted by molar-refractivity contribution is 7.92. The van der Waals surface area contributed by atoms with Crippen LogP contribution in [0.5, 0.6) is 0 Å². The number of carbonyl (C=O) groups is 2. The van der Waals surface area contributed by atoms with Crippen LogP contribution in [0.25, 0.3) is 0 Å². The summed E-state index contributed by atoms with van der Waals surface area (Å²) < 4.78 is 28.5. The van der Waals surface area contributed by atoms with E-state index in [0.717, 1.165) is 35.6 Å². The third kappa shape index (κ3) is 6.81. The molecule has 3 aromatic carbocycles. The molecule has 0 heterocycles. The number of benzene rings is 3. The molecule has 1 saturated carbocycles. The van der Waals surface area contributed by atoms with Crippen LogP contribution in [0.15, 0.2) is 95.9 Å². The topological polar surface area (TPSA) is 86.8 Å². The summed E-state index contributed by atoms with van der Waals surface area (Å²) in [5, 5.41) is 3.12. The molecular formula is C30H35N3O4S. The average molecular weight is 534 g/mol. The summed E-state index contributed by atoms with van der Waals surface area (Å²) in [4.78, 5) is 28.7. The van der Waals surface area contributed by atoms with Gasteiger partial charge in [-0.2, -0.15) is 0 Å². The molecule has 0 bridgehead atoms. The largest absolute Gasteiger partial charge is 0.352 e. The van der Waals surface area contributed by atoms with Crippen molar-refractivity contribution in [1.82, 2.24) is 10.2 Å². The van der Waals surface area contributed by atoms with E-state index in [1.807, 2.05) is 30.3 Å². The lowest BCUT2D eigenvalue weighted by Crippen LogP contribution is -2.53. The molecule has 1 aliphatic carbocycles. The van der Waals surface area contributed by atoms with Gasteiger partial charge < -0.3 is 10.2 Å². The highest BCUT2D eigenvalue weighted by Crippen LogP contribution is 2.24. The summed E-state index contributed by atoms with van der Waals surface area (Å²) in [7, 11) is -4.04. The van der Waals surface area contributed by atoms with Crippen LogP contribution in [0.2, 0.25) is 0 Å². The van der Waals surface area contributed by atoms with Crippen LogP contribution in [0.3, 0.4) is 0 Å². The van der Waals surface area contributed by atoms with Crippen molar-refractivity contribution >= 4 is 27.5 Å². The summed E-state index contributed by atoms with van der Waals surface area (Å²) in [5.41, 5.74) is 1.24. The van der Waals surface area contributed by atoms with E-state index in [1.165, 1.54) is 23.5 Å². The lowest BCUT2D eigenvalue weighted by Gasteiger charge is -2.33. The maximum Gasteiger partial charge on any atom is 0.264 e. The van der Waals surface area contributed by atoms with Gasteiger partial charge in [-0.05, 0) is 49.6 Å². The van der Waals surface area contributed by atoms with E-state index in [1.54, 1.807) is 55.5 Å². The fourth-order valence-electron chi connectivity index (χ4n) is 4.77. The molecule has 1 atom stereocenters. The molecule has 8 heteroatoms. The van der Waals surface area contributed by atoms with E-state index in [9.17, 15) is 18.0 Å². The number of hydrogen-bond acceptors (Lipinski definition) is 4. The Bertz CT molecular complexity index is 1300. The van der Waals surface area contributed by atoms with E-state index in [2.05, 4.69) is 5.32 Å². The van der Waals surface area contributed by atoms with Gasteiger partial charge in [-0.3, -0.25) is 13.9 Å². The third-order valence-electron chi connectivity index (χ3n) is 6.97. The Kier molecular flexibility index (Phi) is 9.18. The van der Waals surface area contributed by atoms with Gasteiger partial charge in [0.25, 0.3) is 10.0 Å². The molecule has 0 aliphatic heterocycles. The first-order valence-electron chi connectivity index (χ1n) is 13.1. The first kappa shape index (κ1) is 27.4. The average Bonchev–Trinajstić information content (AvgIpc) is 2.96. The van der Waals surface area contributed by atoms with Crippen molar-refractivity contribution in [3.8, 4) is 0 Å². The Labute approximate surface area is 225 Å². The van der Waals surface area contributed by atoms with Crippen molar-refractivity contribution in [2.24, 2.45) is 0 Å². The number of nitrogens with one attached hydrogen (secondary N) is 1. The number of para-hydroxylation sites is 1. The number of nitrogens with zero attached hydrogens (tertiary/aromatic N) is 2. The Morgan fingerprint density at radius 1 is 0.842 bits per heavy atom. The van der Waals surface area contributed by atoms with Gasteiger partial charge in [-0.15, -0.1) is 0 Å².